The highest BCUT2D eigenvalue weighted by Gasteiger charge is 2.15. The van der Waals surface area contributed by atoms with Gasteiger partial charge in [0.2, 0.25) is 0 Å². The fourth-order valence-corrected chi connectivity index (χ4v) is 4.58. The molecule has 2 heterocycles. The third kappa shape index (κ3) is 6.47. The van der Waals surface area contributed by atoms with Crippen LogP contribution in [0.15, 0.2) is 114 Å². The molecule has 37 heavy (non-hydrogen) atoms. The van der Waals surface area contributed by atoms with Crippen LogP contribution < -0.4 is 11.1 Å². The highest BCUT2D eigenvalue weighted by molar-refractivity contribution is 9.10. The van der Waals surface area contributed by atoms with E-state index in [1.807, 2.05) is 79.7 Å². The maximum Gasteiger partial charge on any atom is 0.255 e. The Balaban J connectivity index is 1.64. The quantitative estimate of drug-likeness (QED) is 0.214. The van der Waals surface area contributed by atoms with Crippen LogP contribution in [-0.2, 0) is 6.54 Å². The average molecular weight is 574 g/mol. The molecule has 2 aromatic carbocycles. The zero-order valence-corrected chi connectivity index (χ0v) is 22.6. The number of amides is 1. The average Bonchev–Trinajstić information content (AvgIpc) is 3.27. The van der Waals surface area contributed by atoms with E-state index < -0.39 is 0 Å². The lowest BCUT2D eigenvalue weighted by atomic mass is 10.1. The number of benzene rings is 2. The molecule has 0 aliphatic carbocycles. The second kappa shape index (κ2) is 11.9. The summed E-state index contributed by atoms with van der Waals surface area (Å²) in [6, 6.07) is 24.6. The maximum atomic E-state index is 12.6. The van der Waals surface area contributed by atoms with Gasteiger partial charge in [0.1, 0.15) is 5.82 Å². The molecule has 7 heteroatoms. The number of anilines is 1. The van der Waals surface area contributed by atoms with Crippen molar-refractivity contribution in [1.29, 1.82) is 0 Å². The van der Waals surface area contributed by atoms with Crippen molar-refractivity contribution in [2.75, 3.05) is 5.73 Å². The zero-order chi connectivity index (χ0) is 26.4. The summed E-state index contributed by atoms with van der Waals surface area (Å²) in [5.74, 6) is 0.240. The predicted octanol–water partition coefficient (Wildman–Crippen LogP) is 7.50. The number of nitrogens with zero attached hydrogens (tertiary/aromatic N) is 2. The standard InChI is InChI=1S/C30H26BrClN4O/c1-3-21(15-14-20(2)34-30(37)22-8-6-9-23(31)18-22)27-16-17-28(25-11-4-5-12-26(25)32)36(27)19-24-10-7-13-29(33)35-24/h3-18H,2,19H2,1H3,(H2,33,35)(H,34,37)/b15-14-,21-3+. The van der Waals surface area contributed by atoms with E-state index in [0.717, 1.165) is 32.7 Å². The number of allylic oxidation sites excluding steroid dienone is 4. The number of aromatic nitrogens is 2. The number of hydrogen-bond donors (Lipinski definition) is 2. The van der Waals surface area contributed by atoms with E-state index in [4.69, 9.17) is 17.3 Å². The number of pyridine rings is 1. The molecule has 0 aliphatic heterocycles. The summed E-state index contributed by atoms with van der Waals surface area (Å²) in [7, 11) is 0. The van der Waals surface area contributed by atoms with E-state index in [1.165, 1.54) is 0 Å². The number of hydrogen-bond acceptors (Lipinski definition) is 3. The molecule has 1 amide bonds. The maximum absolute atomic E-state index is 12.6. The molecule has 3 N–H and O–H groups in total. The van der Waals surface area contributed by atoms with Gasteiger partial charge in [0.15, 0.2) is 0 Å². The first-order chi connectivity index (χ1) is 17.9. The normalized spacial score (nSPS) is 11.6. The third-order valence-corrected chi connectivity index (χ3v) is 6.53. The fraction of sp³-hybridized carbons (Fsp3) is 0.0667. The molecule has 0 atom stereocenters. The predicted molar refractivity (Wildman–Crippen MR) is 156 cm³/mol. The Hall–Kier alpha value is -3.87. The zero-order valence-electron chi connectivity index (χ0n) is 20.3. The van der Waals surface area contributed by atoms with Crippen LogP contribution in [0.2, 0.25) is 5.02 Å². The van der Waals surface area contributed by atoms with Crippen molar-refractivity contribution in [3.05, 3.63) is 136 Å². The molecule has 0 saturated heterocycles. The number of rotatable bonds is 8. The SMILES string of the molecule is C=C(/C=C\C(=C/C)c1ccc(-c2ccccc2Cl)n1Cc1cccc(N)n1)NC(=O)c1cccc(Br)c1. The monoisotopic (exact) mass is 572 g/mol. The van der Waals surface area contributed by atoms with Crippen LogP contribution in [0.3, 0.4) is 0 Å². The lowest BCUT2D eigenvalue weighted by molar-refractivity contribution is 0.0967. The molecule has 2 aromatic heterocycles. The Morgan fingerprint density at radius 2 is 1.86 bits per heavy atom. The van der Waals surface area contributed by atoms with Gasteiger partial charge in [-0.25, -0.2) is 4.98 Å². The van der Waals surface area contributed by atoms with Crippen LogP contribution >= 0.6 is 27.5 Å². The number of carbonyl (C=O) groups is 1. The lowest BCUT2D eigenvalue weighted by Crippen LogP contribution is -2.21. The number of carbonyl (C=O) groups excluding carboxylic acids is 1. The van der Waals surface area contributed by atoms with Crippen molar-refractivity contribution in [1.82, 2.24) is 14.9 Å². The summed E-state index contributed by atoms with van der Waals surface area (Å²) in [5, 5.41) is 3.50. The van der Waals surface area contributed by atoms with Gasteiger partial charge in [-0.1, -0.05) is 76.6 Å². The molecule has 0 radical (unpaired) electrons. The molecule has 0 aliphatic rings. The van der Waals surface area contributed by atoms with Crippen molar-refractivity contribution in [2.45, 2.75) is 13.5 Å². The molecular formula is C30H26BrClN4O. The van der Waals surface area contributed by atoms with Crippen LogP contribution in [0, 0.1) is 0 Å². The summed E-state index contributed by atoms with van der Waals surface area (Å²) in [4.78, 5) is 17.1. The van der Waals surface area contributed by atoms with E-state index >= 15 is 0 Å². The largest absolute Gasteiger partial charge is 0.384 e. The molecule has 4 aromatic rings. The molecule has 186 valence electrons. The van der Waals surface area contributed by atoms with Gasteiger partial charge in [-0.05, 0) is 67.1 Å². The van der Waals surface area contributed by atoms with Gasteiger partial charge >= 0.3 is 0 Å². The van der Waals surface area contributed by atoms with Gasteiger partial charge in [0, 0.05) is 32.0 Å². The molecule has 5 nitrogen and oxygen atoms in total. The van der Waals surface area contributed by atoms with Gasteiger partial charge < -0.3 is 15.6 Å². The summed E-state index contributed by atoms with van der Waals surface area (Å²) in [5.41, 5.74) is 11.6. The Morgan fingerprint density at radius 1 is 1.08 bits per heavy atom. The first-order valence-electron chi connectivity index (χ1n) is 11.6. The van der Waals surface area contributed by atoms with Crippen LogP contribution in [0.1, 0.15) is 28.7 Å². The third-order valence-electron chi connectivity index (χ3n) is 5.71. The fourth-order valence-electron chi connectivity index (χ4n) is 3.95. The highest BCUT2D eigenvalue weighted by Crippen LogP contribution is 2.32. The molecule has 0 saturated carbocycles. The molecule has 0 unspecified atom stereocenters. The Labute approximate surface area is 230 Å². The van der Waals surface area contributed by atoms with Gasteiger partial charge in [0.05, 0.1) is 17.9 Å². The van der Waals surface area contributed by atoms with Crippen molar-refractivity contribution >= 4 is 44.8 Å². The summed E-state index contributed by atoms with van der Waals surface area (Å²) in [6.45, 7) is 6.47. The van der Waals surface area contributed by atoms with Crippen molar-refractivity contribution in [3.8, 4) is 11.3 Å². The highest BCUT2D eigenvalue weighted by atomic mass is 79.9. The lowest BCUT2D eigenvalue weighted by Gasteiger charge is -2.15. The summed E-state index contributed by atoms with van der Waals surface area (Å²) >= 11 is 9.95. The minimum Gasteiger partial charge on any atom is -0.384 e. The van der Waals surface area contributed by atoms with Gasteiger partial charge in [0.25, 0.3) is 5.91 Å². The van der Waals surface area contributed by atoms with E-state index in [-0.39, 0.29) is 5.91 Å². The number of halogens is 2. The van der Waals surface area contributed by atoms with Crippen molar-refractivity contribution in [3.63, 3.8) is 0 Å². The van der Waals surface area contributed by atoms with Gasteiger partial charge in [-0.15, -0.1) is 0 Å². The van der Waals surface area contributed by atoms with Crippen LogP contribution in [-0.4, -0.2) is 15.5 Å². The number of nitrogen functional groups attached to an aromatic ring is 1. The minimum atomic E-state index is -0.227. The topological polar surface area (TPSA) is 72.9 Å². The smallest absolute Gasteiger partial charge is 0.255 e. The van der Waals surface area contributed by atoms with E-state index in [9.17, 15) is 4.79 Å². The van der Waals surface area contributed by atoms with E-state index in [2.05, 4.69) is 37.4 Å². The van der Waals surface area contributed by atoms with Crippen molar-refractivity contribution < 1.29 is 4.79 Å². The Kier molecular flexibility index (Phi) is 8.43. The second-order valence-corrected chi connectivity index (χ2v) is 9.61. The number of nitrogens with one attached hydrogen (secondary N) is 1. The van der Waals surface area contributed by atoms with Crippen LogP contribution in [0.5, 0.6) is 0 Å². The van der Waals surface area contributed by atoms with Gasteiger partial charge in [-0.3, -0.25) is 4.79 Å². The summed E-state index contributed by atoms with van der Waals surface area (Å²) in [6.07, 6.45) is 5.73. The minimum absolute atomic E-state index is 0.227. The molecule has 0 bridgehead atoms. The van der Waals surface area contributed by atoms with Crippen molar-refractivity contribution in [2.24, 2.45) is 0 Å². The van der Waals surface area contributed by atoms with E-state index in [1.54, 1.807) is 24.3 Å². The summed E-state index contributed by atoms with van der Waals surface area (Å²) < 4.78 is 2.99. The van der Waals surface area contributed by atoms with E-state index in [0.29, 0.717) is 28.6 Å². The first kappa shape index (κ1) is 26.2. The first-order valence-corrected chi connectivity index (χ1v) is 12.8. The molecule has 0 fully saturated rings. The van der Waals surface area contributed by atoms with Gasteiger partial charge in [-0.2, -0.15) is 0 Å². The second-order valence-electron chi connectivity index (χ2n) is 8.29. The Bertz CT molecular complexity index is 1520. The molecule has 4 rings (SSSR count). The molecule has 0 spiro atoms. The number of nitrogens with two attached hydrogens (primary N) is 1. The van der Waals surface area contributed by atoms with Crippen LogP contribution in [0.25, 0.3) is 16.8 Å². The molecular weight excluding hydrogens is 548 g/mol. The Morgan fingerprint density at radius 3 is 2.59 bits per heavy atom. The van der Waals surface area contributed by atoms with Crippen LogP contribution in [0.4, 0.5) is 5.82 Å².